The van der Waals surface area contributed by atoms with Gasteiger partial charge in [-0.3, -0.25) is 4.99 Å². The summed E-state index contributed by atoms with van der Waals surface area (Å²) in [7, 11) is -3.38. The van der Waals surface area contributed by atoms with E-state index in [4.69, 9.17) is 4.99 Å². The molecule has 0 atom stereocenters. The van der Waals surface area contributed by atoms with Crippen molar-refractivity contribution >= 4 is 40.0 Å². The highest BCUT2D eigenvalue weighted by Gasteiger charge is 2.29. The first-order chi connectivity index (χ1) is 13.1. The van der Waals surface area contributed by atoms with Crippen molar-refractivity contribution in [3.8, 4) is 0 Å². The van der Waals surface area contributed by atoms with Crippen LogP contribution >= 0.6 is 24.0 Å². The zero-order chi connectivity index (χ0) is 19.1. The topological polar surface area (TPSA) is 73.8 Å². The van der Waals surface area contributed by atoms with Gasteiger partial charge in [0.1, 0.15) is 0 Å². The van der Waals surface area contributed by atoms with E-state index in [9.17, 15) is 8.42 Å². The number of hydrogen-bond donors (Lipinski definition) is 2. The Morgan fingerprint density at radius 3 is 2.39 bits per heavy atom. The second-order valence-electron chi connectivity index (χ2n) is 7.16. The van der Waals surface area contributed by atoms with Crippen molar-refractivity contribution in [3.63, 3.8) is 0 Å². The minimum absolute atomic E-state index is 0. The number of rotatable bonds is 6. The molecule has 1 heterocycles. The summed E-state index contributed by atoms with van der Waals surface area (Å²) in [5.41, 5.74) is 0. The third-order valence-electron chi connectivity index (χ3n) is 5.16. The Kier molecular flexibility index (Phi) is 9.23. The van der Waals surface area contributed by atoms with Crippen LogP contribution in [0.5, 0.6) is 0 Å². The molecular weight excluding hydrogens is 487 g/mol. The van der Waals surface area contributed by atoms with Gasteiger partial charge in [0.2, 0.25) is 10.0 Å². The third-order valence-corrected chi connectivity index (χ3v) is 7.07. The molecule has 1 saturated heterocycles. The second-order valence-corrected chi connectivity index (χ2v) is 9.10. The fourth-order valence-corrected chi connectivity index (χ4v) is 5.03. The molecule has 1 aromatic rings. The molecule has 0 saturated carbocycles. The average molecular weight is 518 g/mol. The van der Waals surface area contributed by atoms with Crippen molar-refractivity contribution in [2.45, 2.75) is 43.5 Å². The van der Waals surface area contributed by atoms with Gasteiger partial charge in [-0.15, -0.1) is 24.0 Å². The van der Waals surface area contributed by atoms with Crippen LogP contribution < -0.4 is 10.6 Å². The molecule has 3 rings (SSSR count). The van der Waals surface area contributed by atoms with Crippen molar-refractivity contribution in [2.24, 2.45) is 10.9 Å². The average Bonchev–Trinajstić information content (AvgIpc) is 3.20. The van der Waals surface area contributed by atoms with Crippen LogP contribution in [-0.2, 0) is 10.0 Å². The quantitative estimate of drug-likeness (QED) is 0.263. The Morgan fingerprint density at radius 2 is 1.79 bits per heavy atom. The minimum Gasteiger partial charge on any atom is -0.357 e. The molecular formula is C20H31IN4O2S. The highest BCUT2D eigenvalue weighted by atomic mass is 127. The Hall–Kier alpha value is -1.13. The zero-order valence-electron chi connectivity index (χ0n) is 16.4. The summed E-state index contributed by atoms with van der Waals surface area (Å²) < 4.78 is 27.0. The lowest BCUT2D eigenvalue weighted by atomic mass is 9.98. The molecule has 0 bridgehead atoms. The first-order valence-corrected chi connectivity index (χ1v) is 11.3. The number of halogens is 1. The minimum atomic E-state index is -3.38. The van der Waals surface area contributed by atoms with Crippen LogP contribution in [0.3, 0.4) is 0 Å². The molecule has 2 N–H and O–H groups in total. The molecule has 0 amide bonds. The smallest absolute Gasteiger partial charge is 0.243 e. The standard InChI is InChI=1S/C20H30N4O2S.HI/c1-2-21-20(23-18-8-6-7-9-18)22-16-17-12-14-24(15-13-17)27(25,26)19-10-4-3-5-11-19;/h3-7,10-11,17-18H,2,8-9,12-16H2,1H3,(H2,21,22,23);1H. The molecule has 6 nitrogen and oxygen atoms in total. The first kappa shape index (κ1) is 23.2. The van der Waals surface area contributed by atoms with E-state index in [2.05, 4.69) is 29.7 Å². The van der Waals surface area contributed by atoms with Crippen LogP contribution in [0.2, 0.25) is 0 Å². The van der Waals surface area contributed by atoms with E-state index in [1.165, 1.54) is 0 Å². The monoisotopic (exact) mass is 518 g/mol. The van der Waals surface area contributed by atoms with E-state index in [-0.39, 0.29) is 24.0 Å². The molecule has 0 unspecified atom stereocenters. The van der Waals surface area contributed by atoms with Crippen LogP contribution in [0.15, 0.2) is 52.4 Å². The van der Waals surface area contributed by atoms with Gasteiger partial charge in [0, 0.05) is 32.2 Å². The molecule has 2 aliphatic rings. The number of nitrogens with one attached hydrogen (secondary N) is 2. The Labute approximate surface area is 185 Å². The molecule has 0 spiro atoms. The summed E-state index contributed by atoms with van der Waals surface area (Å²) in [5, 5.41) is 6.79. The van der Waals surface area contributed by atoms with Crippen molar-refractivity contribution in [3.05, 3.63) is 42.5 Å². The number of aliphatic imine (C=N–C) groups is 1. The predicted octanol–water partition coefficient (Wildman–Crippen LogP) is 2.98. The summed E-state index contributed by atoms with van der Waals surface area (Å²) >= 11 is 0. The van der Waals surface area contributed by atoms with Crippen LogP contribution in [0, 0.1) is 5.92 Å². The SMILES string of the molecule is CCNC(=NCC1CCN(S(=O)(=O)c2ccccc2)CC1)NC1CC=CC1.I. The van der Waals surface area contributed by atoms with Crippen LogP contribution in [-0.4, -0.2) is 50.9 Å². The zero-order valence-corrected chi connectivity index (χ0v) is 19.5. The number of hydrogen-bond acceptors (Lipinski definition) is 3. The lowest BCUT2D eigenvalue weighted by Gasteiger charge is -2.30. The molecule has 1 aliphatic carbocycles. The van der Waals surface area contributed by atoms with Crippen LogP contribution in [0.25, 0.3) is 0 Å². The van der Waals surface area contributed by atoms with Gasteiger partial charge >= 0.3 is 0 Å². The lowest BCUT2D eigenvalue weighted by Crippen LogP contribution is -2.43. The maximum absolute atomic E-state index is 12.7. The second kappa shape index (κ2) is 11.2. The molecule has 0 aromatic heterocycles. The molecule has 28 heavy (non-hydrogen) atoms. The van der Waals surface area contributed by atoms with Gasteiger partial charge in [0.25, 0.3) is 0 Å². The number of nitrogens with zero attached hydrogens (tertiary/aromatic N) is 2. The molecule has 1 aromatic carbocycles. The van der Waals surface area contributed by atoms with Crippen molar-refractivity contribution < 1.29 is 8.42 Å². The van der Waals surface area contributed by atoms with Crippen LogP contribution in [0.4, 0.5) is 0 Å². The largest absolute Gasteiger partial charge is 0.357 e. The fourth-order valence-electron chi connectivity index (χ4n) is 3.54. The fraction of sp³-hybridized carbons (Fsp3) is 0.550. The summed E-state index contributed by atoms with van der Waals surface area (Å²) in [6.07, 6.45) is 8.18. The van der Waals surface area contributed by atoms with Gasteiger partial charge in [-0.05, 0) is 50.7 Å². The van der Waals surface area contributed by atoms with Crippen molar-refractivity contribution in [2.75, 3.05) is 26.2 Å². The van der Waals surface area contributed by atoms with Gasteiger partial charge in [0.05, 0.1) is 4.90 Å². The number of piperidine rings is 1. The van der Waals surface area contributed by atoms with E-state index in [0.717, 1.165) is 44.7 Å². The molecule has 0 radical (unpaired) electrons. The lowest BCUT2D eigenvalue weighted by molar-refractivity contribution is 0.278. The van der Waals surface area contributed by atoms with E-state index < -0.39 is 10.0 Å². The number of benzene rings is 1. The van der Waals surface area contributed by atoms with E-state index in [1.54, 1.807) is 28.6 Å². The highest BCUT2D eigenvalue weighted by molar-refractivity contribution is 14.0. The first-order valence-electron chi connectivity index (χ1n) is 9.84. The molecule has 1 aliphatic heterocycles. The van der Waals surface area contributed by atoms with E-state index in [0.29, 0.717) is 29.9 Å². The van der Waals surface area contributed by atoms with Gasteiger partial charge in [0.15, 0.2) is 5.96 Å². The number of guanidine groups is 1. The summed E-state index contributed by atoms with van der Waals surface area (Å²) in [4.78, 5) is 5.12. The Balaban J connectivity index is 0.00000280. The van der Waals surface area contributed by atoms with Gasteiger partial charge in [-0.25, -0.2) is 8.42 Å². The maximum atomic E-state index is 12.7. The maximum Gasteiger partial charge on any atom is 0.243 e. The highest BCUT2D eigenvalue weighted by Crippen LogP contribution is 2.23. The normalized spacial score (nSPS) is 19.4. The summed E-state index contributed by atoms with van der Waals surface area (Å²) in [6.45, 7) is 4.76. The van der Waals surface area contributed by atoms with Gasteiger partial charge in [-0.1, -0.05) is 30.4 Å². The van der Waals surface area contributed by atoms with E-state index in [1.807, 2.05) is 6.07 Å². The summed E-state index contributed by atoms with van der Waals surface area (Å²) in [6, 6.07) is 9.13. The number of sulfonamides is 1. The Morgan fingerprint density at radius 1 is 1.14 bits per heavy atom. The van der Waals surface area contributed by atoms with E-state index >= 15 is 0 Å². The van der Waals surface area contributed by atoms with Gasteiger partial charge < -0.3 is 10.6 Å². The molecule has 1 fully saturated rings. The van der Waals surface area contributed by atoms with Crippen molar-refractivity contribution in [1.82, 2.24) is 14.9 Å². The van der Waals surface area contributed by atoms with Crippen molar-refractivity contribution in [1.29, 1.82) is 0 Å². The molecule has 8 heteroatoms. The predicted molar refractivity (Wildman–Crippen MR) is 125 cm³/mol. The summed E-state index contributed by atoms with van der Waals surface area (Å²) in [5.74, 6) is 1.29. The van der Waals surface area contributed by atoms with Gasteiger partial charge in [-0.2, -0.15) is 4.31 Å². The Bertz CT molecular complexity index is 752. The van der Waals surface area contributed by atoms with Crippen LogP contribution in [0.1, 0.15) is 32.6 Å². The third kappa shape index (κ3) is 6.18. The molecule has 156 valence electrons.